The van der Waals surface area contributed by atoms with Gasteiger partial charge in [0.05, 0.1) is 17.7 Å². The van der Waals surface area contributed by atoms with Crippen molar-refractivity contribution in [3.63, 3.8) is 0 Å². The molecule has 1 N–H and O–H groups in total. The van der Waals surface area contributed by atoms with Gasteiger partial charge in [-0.05, 0) is 88.1 Å². The topological polar surface area (TPSA) is 96.0 Å². The first-order chi connectivity index (χ1) is 19.4. The minimum Gasteiger partial charge on any atom is -0.497 e. The number of aryl methyl sites for hydroxylation is 3. The van der Waals surface area contributed by atoms with Crippen LogP contribution in [0.4, 0.5) is 5.69 Å². The molecule has 0 spiro atoms. The summed E-state index contributed by atoms with van der Waals surface area (Å²) in [5.41, 5.74) is 3.69. The van der Waals surface area contributed by atoms with Crippen LogP contribution in [0.5, 0.6) is 5.75 Å². The summed E-state index contributed by atoms with van der Waals surface area (Å²) in [6, 6.07) is 18.3. The number of carbonyl (C=O) groups is 2. The van der Waals surface area contributed by atoms with Crippen LogP contribution in [-0.4, -0.2) is 50.9 Å². The van der Waals surface area contributed by atoms with E-state index in [0.29, 0.717) is 17.0 Å². The average molecular weight is 580 g/mol. The average Bonchev–Trinajstić information content (AvgIpc) is 2.95. The third-order valence-corrected chi connectivity index (χ3v) is 8.98. The molecule has 2 amide bonds. The molecule has 0 radical (unpaired) electrons. The van der Waals surface area contributed by atoms with Crippen molar-refractivity contribution in [2.75, 3.05) is 18.0 Å². The number of anilines is 1. The molecule has 41 heavy (non-hydrogen) atoms. The fourth-order valence-electron chi connectivity index (χ4n) is 4.31. The Kier molecular flexibility index (Phi) is 10.6. The minimum absolute atomic E-state index is 0.0729. The van der Waals surface area contributed by atoms with Gasteiger partial charge >= 0.3 is 0 Å². The van der Waals surface area contributed by atoms with E-state index in [9.17, 15) is 18.0 Å². The summed E-state index contributed by atoms with van der Waals surface area (Å²) in [6.07, 6.45) is 0.736. The Balaban J connectivity index is 2.06. The fourth-order valence-corrected chi connectivity index (χ4v) is 5.79. The Bertz CT molecular complexity index is 1450. The molecule has 0 aliphatic heterocycles. The van der Waals surface area contributed by atoms with Crippen LogP contribution in [0.3, 0.4) is 0 Å². The molecular formula is C32H41N3O5S. The van der Waals surface area contributed by atoms with E-state index in [2.05, 4.69) is 5.32 Å². The Hall–Kier alpha value is -3.85. The van der Waals surface area contributed by atoms with Crippen LogP contribution in [0.15, 0.2) is 71.6 Å². The maximum Gasteiger partial charge on any atom is 0.264 e. The van der Waals surface area contributed by atoms with Gasteiger partial charge in [-0.1, -0.05) is 48.9 Å². The number of hydrogen-bond donors (Lipinski definition) is 1. The summed E-state index contributed by atoms with van der Waals surface area (Å²) in [7, 11) is -2.55. The lowest BCUT2D eigenvalue weighted by atomic mass is 10.1. The maximum atomic E-state index is 14.1. The summed E-state index contributed by atoms with van der Waals surface area (Å²) in [5, 5.41) is 2.95. The lowest BCUT2D eigenvalue weighted by Gasteiger charge is -2.33. The van der Waals surface area contributed by atoms with Crippen LogP contribution in [0.25, 0.3) is 0 Å². The third-order valence-electron chi connectivity index (χ3n) is 7.20. The molecule has 3 rings (SSSR count). The van der Waals surface area contributed by atoms with Crippen LogP contribution in [0.2, 0.25) is 0 Å². The van der Waals surface area contributed by atoms with Crippen LogP contribution in [0, 0.1) is 20.8 Å². The van der Waals surface area contributed by atoms with Crippen molar-refractivity contribution in [2.24, 2.45) is 0 Å². The SMILES string of the molecule is CC[C@H](C)NC(=O)[C@@H](C)N(Cc1ccc(OC)cc1)C(=O)CN(c1cc(C)ccc1C)S(=O)(=O)c1ccc(C)cc1. The molecule has 0 bridgehead atoms. The Labute approximate surface area is 244 Å². The van der Waals surface area contributed by atoms with E-state index in [1.54, 1.807) is 56.5 Å². The van der Waals surface area contributed by atoms with Crippen molar-refractivity contribution < 1.29 is 22.7 Å². The predicted octanol–water partition coefficient (Wildman–Crippen LogP) is 5.15. The number of nitrogens with one attached hydrogen (secondary N) is 1. The van der Waals surface area contributed by atoms with E-state index in [4.69, 9.17) is 4.74 Å². The Morgan fingerprint density at radius 2 is 1.51 bits per heavy atom. The van der Waals surface area contributed by atoms with Gasteiger partial charge in [-0.25, -0.2) is 8.42 Å². The highest BCUT2D eigenvalue weighted by Gasteiger charge is 2.33. The molecule has 0 fully saturated rings. The normalized spacial score (nSPS) is 12.8. The van der Waals surface area contributed by atoms with E-state index in [0.717, 1.165) is 27.4 Å². The highest BCUT2D eigenvalue weighted by molar-refractivity contribution is 7.92. The van der Waals surface area contributed by atoms with E-state index < -0.39 is 28.5 Å². The van der Waals surface area contributed by atoms with Crippen molar-refractivity contribution in [2.45, 2.75) is 71.5 Å². The molecule has 0 aliphatic carbocycles. The Morgan fingerprint density at radius 3 is 2.10 bits per heavy atom. The van der Waals surface area contributed by atoms with Gasteiger partial charge in [0.25, 0.3) is 10.0 Å². The number of ether oxygens (including phenoxy) is 1. The van der Waals surface area contributed by atoms with Crippen LogP contribution < -0.4 is 14.4 Å². The van der Waals surface area contributed by atoms with Gasteiger partial charge in [-0.3, -0.25) is 13.9 Å². The van der Waals surface area contributed by atoms with Gasteiger partial charge in [0.15, 0.2) is 0 Å². The van der Waals surface area contributed by atoms with Crippen molar-refractivity contribution in [1.29, 1.82) is 0 Å². The van der Waals surface area contributed by atoms with Crippen molar-refractivity contribution in [3.8, 4) is 5.75 Å². The van der Waals surface area contributed by atoms with Crippen LogP contribution >= 0.6 is 0 Å². The zero-order chi connectivity index (χ0) is 30.3. The molecule has 0 aromatic heterocycles. The van der Waals surface area contributed by atoms with Gasteiger partial charge in [0.1, 0.15) is 18.3 Å². The summed E-state index contributed by atoms with van der Waals surface area (Å²) < 4.78 is 34.5. The number of amides is 2. The molecule has 0 aliphatic rings. The second-order valence-electron chi connectivity index (χ2n) is 10.5. The first-order valence-electron chi connectivity index (χ1n) is 13.8. The maximum absolute atomic E-state index is 14.1. The van der Waals surface area contributed by atoms with Crippen molar-refractivity contribution in [3.05, 3.63) is 89.0 Å². The van der Waals surface area contributed by atoms with Gasteiger partial charge in [0.2, 0.25) is 11.8 Å². The number of hydrogen-bond acceptors (Lipinski definition) is 5. The Morgan fingerprint density at radius 1 is 0.902 bits per heavy atom. The van der Waals surface area contributed by atoms with Gasteiger partial charge in [-0.2, -0.15) is 0 Å². The number of nitrogens with zero attached hydrogens (tertiary/aromatic N) is 2. The van der Waals surface area contributed by atoms with Crippen LogP contribution in [0.1, 0.15) is 49.4 Å². The molecule has 0 heterocycles. The fraction of sp³-hybridized carbons (Fsp3) is 0.375. The molecule has 3 aromatic rings. The minimum atomic E-state index is -4.12. The molecule has 2 atom stereocenters. The number of benzene rings is 3. The monoisotopic (exact) mass is 579 g/mol. The molecular weight excluding hydrogens is 538 g/mol. The smallest absolute Gasteiger partial charge is 0.264 e. The number of sulfonamides is 1. The lowest BCUT2D eigenvalue weighted by molar-refractivity contribution is -0.139. The molecule has 0 unspecified atom stereocenters. The van der Waals surface area contributed by atoms with E-state index >= 15 is 0 Å². The standard InChI is InChI=1S/C32H41N3O5S/c1-8-25(5)33-32(37)26(6)34(20-27-13-15-28(40-7)16-14-27)31(36)21-35(30-19-23(3)9-12-24(30)4)41(38,39)29-17-10-22(2)11-18-29/h9-19,25-26H,8,20-21H2,1-7H3,(H,33,37)/t25-,26+/m0/s1. The van der Waals surface area contributed by atoms with E-state index in [1.807, 2.05) is 58.9 Å². The first-order valence-corrected chi connectivity index (χ1v) is 15.2. The number of rotatable bonds is 12. The highest BCUT2D eigenvalue weighted by atomic mass is 32.2. The highest BCUT2D eigenvalue weighted by Crippen LogP contribution is 2.29. The second kappa shape index (κ2) is 13.7. The van der Waals surface area contributed by atoms with Crippen LogP contribution in [-0.2, 0) is 26.2 Å². The molecule has 3 aromatic carbocycles. The quantitative estimate of drug-likeness (QED) is 0.320. The largest absolute Gasteiger partial charge is 0.497 e. The summed E-state index contributed by atoms with van der Waals surface area (Å²) >= 11 is 0. The molecule has 0 saturated heterocycles. The molecule has 220 valence electrons. The zero-order valence-electron chi connectivity index (χ0n) is 25.0. The van der Waals surface area contributed by atoms with Crippen molar-refractivity contribution >= 4 is 27.5 Å². The van der Waals surface area contributed by atoms with Gasteiger partial charge in [-0.15, -0.1) is 0 Å². The zero-order valence-corrected chi connectivity index (χ0v) is 25.8. The summed E-state index contributed by atoms with van der Waals surface area (Å²) in [4.78, 5) is 28.8. The number of carbonyl (C=O) groups excluding carboxylic acids is 2. The lowest BCUT2D eigenvalue weighted by Crippen LogP contribution is -2.52. The summed E-state index contributed by atoms with van der Waals surface area (Å²) in [6.45, 7) is 10.7. The van der Waals surface area contributed by atoms with Crippen molar-refractivity contribution in [1.82, 2.24) is 10.2 Å². The predicted molar refractivity (Wildman–Crippen MR) is 163 cm³/mol. The summed E-state index contributed by atoms with van der Waals surface area (Å²) in [5.74, 6) is -0.135. The molecule has 8 nitrogen and oxygen atoms in total. The third kappa shape index (κ3) is 7.88. The second-order valence-corrected chi connectivity index (χ2v) is 12.3. The van der Waals surface area contributed by atoms with E-state index in [1.165, 1.54) is 4.90 Å². The number of methoxy groups -OCH3 is 1. The van der Waals surface area contributed by atoms with Gasteiger partial charge < -0.3 is 15.0 Å². The first kappa shape index (κ1) is 31.7. The van der Waals surface area contributed by atoms with Gasteiger partial charge in [0, 0.05) is 12.6 Å². The van der Waals surface area contributed by atoms with E-state index in [-0.39, 0.29) is 23.4 Å². The molecule has 9 heteroatoms. The molecule has 0 saturated carbocycles.